The van der Waals surface area contributed by atoms with E-state index in [2.05, 4.69) is 22.2 Å². The minimum atomic E-state index is -0.441. The minimum absolute atomic E-state index is 0.441. The summed E-state index contributed by atoms with van der Waals surface area (Å²) in [6.45, 7) is 4.22. The molecule has 2 aromatic rings. The lowest BCUT2D eigenvalue weighted by Crippen LogP contribution is -2.41. The average molecular weight is 289 g/mol. The van der Waals surface area contributed by atoms with Gasteiger partial charge in [-0.2, -0.15) is 10.1 Å². The Bertz CT molecular complexity index is 622. The van der Waals surface area contributed by atoms with Gasteiger partial charge >= 0.3 is 0 Å². The molecule has 2 N–H and O–H groups in total. The summed E-state index contributed by atoms with van der Waals surface area (Å²) in [4.78, 5) is 4.54. The van der Waals surface area contributed by atoms with E-state index in [0.717, 1.165) is 42.9 Å². The molecule has 6 nitrogen and oxygen atoms in total. The summed E-state index contributed by atoms with van der Waals surface area (Å²) in [5.74, 6) is 1.93. The molecule has 0 unspecified atom stereocenters. The van der Waals surface area contributed by atoms with Crippen molar-refractivity contribution in [2.45, 2.75) is 51.5 Å². The van der Waals surface area contributed by atoms with E-state index < -0.39 is 5.54 Å². The second kappa shape index (κ2) is 5.26. The van der Waals surface area contributed by atoms with Crippen LogP contribution in [0.1, 0.15) is 50.5 Å². The fourth-order valence-corrected chi connectivity index (χ4v) is 3.07. The Morgan fingerprint density at radius 2 is 2.14 bits per heavy atom. The van der Waals surface area contributed by atoms with Crippen molar-refractivity contribution in [2.75, 3.05) is 0 Å². The number of hydrogen-bond acceptors (Lipinski definition) is 5. The van der Waals surface area contributed by atoms with Gasteiger partial charge in [0.2, 0.25) is 0 Å². The molecule has 6 heteroatoms. The maximum atomic E-state index is 6.53. The molecule has 1 aliphatic carbocycles. The maximum Gasteiger partial charge on any atom is 0.261 e. The number of aromatic nitrogens is 4. The van der Waals surface area contributed by atoms with Gasteiger partial charge in [-0.3, -0.25) is 4.68 Å². The number of nitrogens with zero attached hydrogens (tertiary/aromatic N) is 4. The van der Waals surface area contributed by atoms with Crippen LogP contribution < -0.4 is 5.73 Å². The first-order valence-corrected chi connectivity index (χ1v) is 7.65. The standard InChI is InChI=1S/C15H23N5O/c1-4-11-5-7-15(16,8-6-11)14-18-13(21-19-14)12-9-17-20(3)10(12)2/h9,11H,4-8,16H2,1-3H3. The van der Waals surface area contributed by atoms with Gasteiger partial charge in [0.05, 0.1) is 17.3 Å². The Morgan fingerprint density at radius 1 is 1.43 bits per heavy atom. The first-order chi connectivity index (χ1) is 10.0. The fourth-order valence-electron chi connectivity index (χ4n) is 3.07. The summed E-state index contributed by atoms with van der Waals surface area (Å²) in [6.07, 6.45) is 7.12. The lowest BCUT2D eigenvalue weighted by Gasteiger charge is -2.34. The van der Waals surface area contributed by atoms with Crippen LogP contribution in [0.4, 0.5) is 0 Å². The highest BCUT2D eigenvalue weighted by Gasteiger charge is 2.37. The number of rotatable bonds is 3. The topological polar surface area (TPSA) is 82.8 Å². The predicted molar refractivity (Wildman–Crippen MR) is 79.4 cm³/mol. The average Bonchev–Trinajstić information content (AvgIpc) is 3.09. The summed E-state index contributed by atoms with van der Waals surface area (Å²) in [5, 5.41) is 8.35. The van der Waals surface area contributed by atoms with Crippen LogP contribution in [0.15, 0.2) is 10.7 Å². The third-order valence-electron chi connectivity index (χ3n) is 4.91. The monoisotopic (exact) mass is 289 g/mol. The molecular formula is C15H23N5O. The van der Waals surface area contributed by atoms with E-state index in [-0.39, 0.29) is 0 Å². The highest BCUT2D eigenvalue weighted by atomic mass is 16.5. The second-order valence-electron chi connectivity index (χ2n) is 6.20. The quantitative estimate of drug-likeness (QED) is 0.938. The largest absolute Gasteiger partial charge is 0.334 e. The molecule has 3 rings (SSSR count). The summed E-state index contributed by atoms with van der Waals surface area (Å²) in [7, 11) is 1.90. The van der Waals surface area contributed by atoms with Crippen molar-refractivity contribution in [3.8, 4) is 11.5 Å². The lowest BCUT2D eigenvalue weighted by molar-refractivity contribution is 0.216. The zero-order chi connectivity index (χ0) is 15.0. The zero-order valence-electron chi connectivity index (χ0n) is 13.0. The van der Waals surface area contributed by atoms with Gasteiger partial charge in [-0.1, -0.05) is 18.5 Å². The fraction of sp³-hybridized carbons (Fsp3) is 0.667. The molecule has 0 bridgehead atoms. The van der Waals surface area contributed by atoms with Crippen molar-refractivity contribution in [1.82, 2.24) is 19.9 Å². The summed E-state index contributed by atoms with van der Waals surface area (Å²) >= 11 is 0. The number of aryl methyl sites for hydroxylation is 1. The normalized spacial score (nSPS) is 26.2. The predicted octanol–water partition coefficient (Wildman–Crippen LogP) is 2.53. The molecule has 21 heavy (non-hydrogen) atoms. The van der Waals surface area contributed by atoms with Gasteiger partial charge < -0.3 is 10.3 Å². The Kier molecular flexibility index (Phi) is 3.57. The third-order valence-corrected chi connectivity index (χ3v) is 4.91. The van der Waals surface area contributed by atoms with Gasteiger partial charge in [0.1, 0.15) is 0 Å². The van der Waals surface area contributed by atoms with E-state index in [1.807, 2.05) is 14.0 Å². The first-order valence-electron chi connectivity index (χ1n) is 7.65. The van der Waals surface area contributed by atoms with Gasteiger partial charge in [-0.25, -0.2) is 0 Å². The molecule has 0 atom stereocenters. The van der Waals surface area contributed by atoms with Gasteiger partial charge in [-0.15, -0.1) is 0 Å². The van der Waals surface area contributed by atoms with E-state index in [1.54, 1.807) is 10.9 Å². The second-order valence-corrected chi connectivity index (χ2v) is 6.20. The van der Waals surface area contributed by atoms with Crippen molar-refractivity contribution in [3.05, 3.63) is 17.7 Å². The molecule has 0 spiro atoms. The highest BCUT2D eigenvalue weighted by molar-refractivity contribution is 5.54. The third kappa shape index (κ3) is 2.48. The van der Waals surface area contributed by atoms with Crippen molar-refractivity contribution < 1.29 is 4.52 Å². The van der Waals surface area contributed by atoms with E-state index in [9.17, 15) is 0 Å². The van der Waals surface area contributed by atoms with Gasteiger partial charge in [0, 0.05) is 12.7 Å². The molecule has 1 fully saturated rings. The molecule has 0 saturated heterocycles. The Hall–Kier alpha value is -1.69. The number of hydrogen-bond donors (Lipinski definition) is 1. The molecule has 114 valence electrons. The molecule has 1 saturated carbocycles. The summed E-state index contributed by atoms with van der Waals surface area (Å²) in [5.41, 5.74) is 7.97. The van der Waals surface area contributed by atoms with Crippen molar-refractivity contribution >= 4 is 0 Å². The lowest BCUT2D eigenvalue weighted by atomic mass is 9.76. The van der Waals surface area contributed by atoms with E-state index in [4.69, 9.17) is 10.3 Å². The van der Waals surface area contributed by atoms with Crippen LogP contribution in [-0.4, -0.2) is 19.9 Å². The molecule has 0 aromatic carbocycles. The van der Waals surface area contributed by atoms with E-state index >= 15 is 0 Å². The summed E-state index contributed by atoms with van der Waals surface area (Å²) < 4.78 is 7.22. The SMILES string of the molecule is CCC1CCC(N)(c2noc(-c3cnn(C)c3C)n2)CC1. The van der Waals surface area contributed by atoms with Crippen LogP contribution in [-0.2, 0) is 12.6 Å². The molecular weight excluding hydrogens is 266 g/mol. The molecule has 2 heterocycles. The summed E-state index contributed by atoms with van der Waals surface area (Å²) in [6, 6.07) is 0. The van der Waals surface area contributed by atoms with Gasteiger partial charge in [0.15, 0.2) is 5.82 Å². The smallest absolute Gasteiger partial charge is 0.261 e. The van der Waals surface area contributed by atoms with Crippen LogP contribution in [0.3, 0.4) is 0 Å². The van der Waals surface area contributed by atoms with Gasteiger partial charge in [0.25, 0.3) is 5.89 Å². The van der Waals surface area contributed by atoms with Crippen LogP contribution in [0.25, 0.3) is 11.5 Å². The van der Waals surface area contributed by atoms with Crippen molar-refractivity contribution in [3.63, 3.8) is 0 Å². The van der Waals surface area contributed by atoms with E-state index in [1.165, 1.54) is 6.42 Å². The molecule has 0 aliphatic heterocycles. The van der Waals surface area contributed by atoms with Crippen LogP contribution in [0, 0.1) is 12.8 Å². The zero-order valence-corrected chi connectivity index (χ0v) is 13.0. The van der Waals surface area contributed by atoms with Crippen LogP contribution in [0.2, 0.25) is 0 Å². The maximum absolute atomic E-state index is 6.53. The molecule has 0 amide bonds. The first kappa shape index (κ1) is 14.3. The Morgan fingerprint density at radius 3 is 2.71 bits per heavy atom. The van der Waals surface area contributed by atoms with Crippen molar-refractivity contribution in [2.24, 2.45) is 18.7 Å². The number of nitrogens with two attached hydrogens (primary N) is 1. The molecule has 0 radical (unpaired) electrons. The highest BCUT2D eigenvalue weighted by Crippen LogP contribution is 2.38. The van der Waals surface area contributed by atoms with E-state index in [0.29, 0.717) is 11.7 Å². The van der Waals surface area contributed by atoms with Crippen molar-refractivity contribution in [1.29, 1.82) is 0 Å². The minimum Gasteiger partial charge on any atom is -0.334 e. The molecule has 1 aliphatic rings. The Balaban J connectivity index is 1.83. The molecule has 2 aromatic heterocycles. The Labute approximate surface area is 124 Å². The van der Waals surface area contributed by atoms with Gasteiger partial charge in [-0.05, 0) is 38.5 Å². The van der Waals surface area contributed by atoms with Crippen LogP contribution in [0.5, 0.6) is 0 Å². The van der Waals surface area contributed by atoms with Crippen LogP contribution >= 0.6 is 0 Å².